The van der Waals surface area contributed by atoms with Crippen LogP contribution in [-0.2, 0) is 6.42 Å². The Labute approximate surface area is 158 Å². The van der Waals surface area contributed by atoms with Crippen LogP contribution < -0.4 is 0 Å². The molecule has 0 radical (unpaired) electrons. The minimum atomic E-state index is 0.804. The van der Waals surface area contributed by atoms with Crippen molar-refractivity contribution >= 4 is 45.6 Å². The van der Waals surface area contributed by atoms with Gasteiger partial charge in [0.1, 0.15) is 0 Å². The van der Waals surface area contributed by atoms with Crippen molar-refractivity contribution in [3.63, 3.8) is 0 Å². The Morgan fingerprint density at radius 1 is 0.889 bits per heavy atom. The highest BCUT2D eigenvalue weighted by Gasteiger charge is 2.05. The van der Waals surface area contributed by atoms with Gasteiger partial charge in [-0.1, -0.05) is 36.4 Å². The molecule has 0 fully saturated rings. The summed E-state index contributed by atoms with van der Waals surface area (Å²) in [5, 5.41) is 2.22. The van der Waals surface area contributed by atoms with E-state index >= 15 is 0 Å². The maximum absolute atomic E-state index is 4.87. The van der Waals surface area contributed by atoms with Crippen LogP contribution in [0, 0.1) is 0 Å². The van der Waals surface area contributed by atoms with Gasteiger partial charge in [0.15, 0.2) is 0 Å². The van der Waals surface area contributed by atoms with Crippen LogP contribution in [0.25, 0.3) is 21.8 Å². The minimum absolute atomic E-state index is 0.804. The first kappa shape index (κ1) is 17.0. The molecule has 0 atom stereocenters. The predicted molar refractivity (Wildman–Crippen MR) is 114 cm³/mol. The highest BCUT2D eigenvalue weighted by Crippen LogP contribution is 2.27. The number of hydrogen-bond acceptors (Lipinski definition) is 4. The number of fused-ring (bicyclic) bond motifs is 3. The van der Waals surface area contributed by atoms with Gasteiger partial charge in [0, 0.05) is 28.4 Å². The number of hydrogen-bond donors (Lipinski definition) is 0. The lowest BCUT2D eigenvalue weighted by atomic mass is 10.1. The molecule has 0 unspecified atom stereocenters. The van der Waals surface area contributed by atoms with Crippen LogP contribution in [-0.4, -0.2) is 22.4 Å². The van der Waals surface area contributed by atoms with Crippen LogP contribution in [0.15, 0.2) is 76.8 Å². The molecule has 0 aliphatic heterocycles. The molecular weight excluding hydrogens is 332 g/mol. The monoisotopic (exact) mass is 352 g/mol. The Balaban J connectivity index is 1.59. The quantitative estimate of drug-likeness (QED) is 0.335. The fraction of sp³-hybridized carbons (Fsp3) is 0.130. The molecule has 0 amide bonds. The second-order valence-electron chi connectivity index (χ2n) is 6.51. The molecule has 0 bridgehead atoms. The molecule has 4 heteroatoms. The SMILES string of the molecule is C=Nc1ccccc1N=C(C)CCc1ccc2ccc3cccnc3c2n1. The van der Waals surface area contributed by atoms with Gasteiger partial charge in [0.25, 0.3) is 0 Å². The molecule has 0 spiro atoms. The number of aliphatic imine (C=N–C) groups is 2. The van der Waals surface area contributed by atoms with Gasteiger partial charge in [0.2, 0.25) is 0 Å². The number of aromatic nitrogens is 2. The molecule has 27 heavy (non-hydrogen) atoms. The summed E-state index contributed by atoms with van der Waals surface area (Å²) in [6, 6.07) is 20.2. The number of para-hydroxylation sites is 2. The third-order valence-electron chi connectivity index (χ3n) is 4.60. The van der Waals surface area contributed by atoms with Gasteiger partial charge in [-0.15, -0.1) is 0 Å². The third-order valence-corrected chi connectivity index (χ3v) is 4.60. The van der Waals surface area contributed by atoms with Crippen molar-refractivity contribution in [3.8, 4) is 0 Å². The molecule has 0 aliphatic rings. The Hall–Kier alpha value is -3.40. The maximum atomic E-state index is 4.87. The third kappa shape index (κ3) is 3.60. The smallest absolute Gasteiger partial charge is 0.0967 e. The van der Waals surface area contributed by atoms with Crippen LogP contribution >= 0.6 is 0 Å². The summed E-state index contributed by atoms with van der Waals surface area (Å²) in [5.41, 5.74) is 5.66. The Kier molecular flexibility index (Phi) is 4.71. The number of nitrogens with zero attached hydrogens (tertiary/aromatic N) is 4. The normalized spacial score (nSPS) is 11.8. The summed E-state index contributed by atoms with van der Waals surface area (Å²) >= 11 is 0. The van der Waals surface area contributed by atoms with Gasteiger partial charge in [-0.25, -0.2) is 0 Å². The lowest BCUT2D eigenvalue weighted by Crippen LogP contribution is -1.98. The van der Waals surface area contributed by atoms with Crippen LogP contribution in [0.5, 0.6) is 0 Å². The molecular formula is C23H20N4. The van der Waals surface area contributed by atoms with Gasteiger partial charge in [0.05, 0.1) is 22.4 Å². The molecule has 0 saturated heterocycles. The van der Waals surface area contributed by atoms with Crippen molar-refractivity contribution in [1.29, 1.82) is 0 Å². The van der Waals surface area contributed by atoms with E-state index in [0.29, 0.717) is 0 Å². The number of pyridine rings is 2. The minimum Gasteiger partial charge on any atom is -0.262 e. The van der Waals surface area contributed by atoms with E-state index in [1.807, 2.05) is 43.5 Å². The van der Waals surface area contributed by atoms with E-state index in [4.69, 9.17) is 9.98 Å². The fourth-order valence-corrected chi connectivity index (χ4v) is 3.17. The van der Waals surface area contributed by atoms with E-state index < -0.39 is 0 Å². The first-order valence-corrected chi connectivity index (χ1v) is 8.98. The average molecular weight is 352 g/mol. The van der Waals surface area contributed by atoms with Crippen LogP contribution in [0.1, 0.15) is 19.0 Å². The van der Waals surface area contributed by atoms with E-state index in [-0.39, 0.29) is 0 Å². The fourth-order valence-electron chi connectivity index (χ4n) is 3.17. The Bertz CT molecular complexity index is 1160. The van der Waals surface area contributed by atoms with E-state index in [0.717, 1.165) is 57.4 Å². The highest BCUT2D eigenvalue weighted by atomic mass is 14.8. The zero-order valence-corrected chi connectivity index (χ0v) is 15.3. The van der Waals surface area contributed by atoms with Gasteiger partial charge in [-0.2, -0.15) is 0 Å². The molecule has 4 nitrogen and oxygen atoms in total. The second kappa shape index (κ2) is 7.46. The molecule has 2 aromatic carbocycles. The molecule has 0 N–H and O–H groups in total. The van der Waals surface area contributed by atoms with Crippen LogP contribution in [0.4, 0.5) is 11.4 Å². The van der Waals surface area contributed by atoms with E-state index in [1.54, 1.807) is 0 Å². The standard InChI is InChI=1S/C23H20N4/c1-16(26-21-8-4-3-7-20(21)24-2)9-13-19-14-12-18-11-10-17-6-5-15-25-22(17)23(18)27-19/h3-8,10-12,14-15H,2,9,13H2,1H3. The summed E-state index contributed by atoms with van der Waals surface area (Å²) in [5.74, 6) is 0. The molecule has 132 valence electrons. The van der Waals surface area contributed by atoms with Gasteiger partial charge < -0.3 is 0 Å². The highest BCUT2D eigenvalue weighted by molar-refractivity contribution is 6.02. The zero-order valence-electron chi connectivity index (χ0n) is 15.3. The van der Waals surface area contributed by atoms with Crippen molar-refractivity contribution < 1.29 is 0 Å². The lowest BCUT2D eigenvalue weighted by molar-refractivity contribution is 0.980. The van der Waals surface area contributed by atoms with Crippen molar-refractivity contribution in [3.05, 3.63) is 72.6 Å². The van der Waals surface area contributed by atoms with E-state index in [1.165, 1.54) is 0 Å². The summed E-state index contributed by atoms with van der Waals surface area (Å²) in [7, 11) is 0. The summed E-state index contributed by atoms with van der Waals surface area (Å²) in [6.45, 7) is 5.65. The number of benzene rings is 2. The molecule has 2 heterocycles. The molecule has 0 saturated carbocycles. The predicted octanol–water partition coefficient (Wildman–Crippen LogP) is 5.84. The molecule has 4 aromatic rings. The maximum Gasteiger partial charge on any atom is 0.0967 e. The largest absolute Gasteiger partial charge is 0.262 e. The Morgan fingerprint density at radius 2 is 1.63 bits per heavy atom. The number of rotatable bonds is 5. The lowest BCUT2D eigenvalue weighted by Gasteiger charge is -2.06. The summed E-state index contributed by atoms with van der Waals surface area (Å²) in [6.07, 6.45) is 3.48. The first-order chi connectivity index (χ1) is 13.2. The first-order valence-electron chi connectivity index (χ1n) is 8.98. The molecule has 4 rings (SSSR count). The van der Waals surface area contributed by atoms with Crippen LogP contribution in [0.3, 0.4) is 0 Å². The van der Waals surface area contributed by atoms with Crippen molar-refractivity contribution in [2.75, 3.05) is 0 Å². The Morgan fingerprint density at radius 3 is 2.44 bits per heavy atom. The van der Waals surface area contributed by atoms with Crippen molar-refractivity contribution in [1.82, 2.24) is 9.97 Å². The summed E-state index contributed by atoms with van der Waals surface area (Å²) < 4.78 is 0. The molecule has 2 aromatic heterocycles. The van der Waals surface area contributed by atoms with Crippen molar-refractivity contribution in [2.24, 2.45) is 9.98 Å². The second-order valence-corrected chi connectivity index (χ2v) is 6.51. The van der Waals surface area contributed by atoms with Gasteiger partial charge in [-0.3, -0.25) is 20.0 Å². The van der Waals surface area contributed by atoms with Crippen LogP contribution in [0.2, 0.25) is 0 Å². The van der Waals surface area contributed by atoms with Gasteiger partial charge >= 0.3 is 0 Å². The average Bonchev–Trinajstić information content (AvgIpc) is 2.72. The van der Waals surface area contributed by atoms with Gasteiger partial charge in [-0.05, 0) is 50.7 Å². The number of aryl methyl sites for hydroxylation is 1. The van der Waals surface area contributed by atoms with E-state index in [9.17, 15) is 0 Å². The summed E-state index contributed by atoms with van der Waals surface area (Å²) in [4.78, 5) is 18.1. The van der Waals surface area contributed by atoms with E-state index in [2.05, 4.69) is 47.0 Å². The molecule has 0 aliphatic carbocycles. The zero-order chi connectivity index (χ0) is 18.6. The topological polar surface area (TPSA) is 50.5 Å². The van der Waals surface area contributed by atoms with Crippen molar-refractivity contribution in [2.45, 2.75) is 19.8 Å².